The molecule has 0 fully saturated rings. The lowest BCUT2D eigenvalue weighted by Crippen LogP contribution is -2.23. The Bertz CT molecular complexity index is 680. The molecular formula is C18H16ClNO. The van der Waals surface area contributed by atoms with Crippen LogP contribution in [-0.4, -0.2) is 12.5 Å². The van der Waals surface area contributed by atoms with E-state index < -0.39 is 0 Å². The topological polar surface area (TPSA) is 29.1 Å². The number of amides is 1. The maximum atomic E-state index is 11.6. The summed E-state index contributed by atoms with van der Waals surface area (Å²) < 4.78 is 0. The molecule has 0 aliphatic carbocycles. The van der Waals surface area contributed by atoms with Gasteiger partial charge < -0.3 is 5.32 Å². The molecule has 0 unspecified atom stereocenters. The molecule has 0 saturated heterocycles. The van der Waals surface area contributed by atoms with Crippen LogP contribution in [0.25, 0.3) is 0 Å². The first kappa shape index (κ1) is 15.2. The molecule has 21 heavy (non-hydrogen) atoms. The highest BCUT2D eigenvalue weighted by Crippen LogP contribution is 2.09. The monoisotopic (exact) mass is 297 g/mol. The van der Waals surface area contributed by atoms with Gasteiger partial charge in [-0.25, -0.2) is 0 Å². The quantitative estimate of drug-likeness (QED) is 0.865. The normalized spacial score (nSPS) is 9.62. The van der Waals surface area contributed by atoms with E-state index in [9.17, 15) is 4.79 Å². The van der Waals surface area contributed by atoms with Crippen LogP contribution in [0, 0.1) is 18.8 Å². The number of halogens is 1. The van der Waals surface area contributed by atoms with Gasteiger partial charge in [-0.2, -0.15) is 0 Å². The van der Waals surface area contributed by atoms with Crippen LogP contribution >= 0.6 is 11.6 Å². The maximum Gasteiger partial charge on any atom is 0.296 e. The molecule has 2 nitrogen and oxygen atoms in total. The van der Waals surface area contributed by atoms with Crippen LogP contribution in [0.15, 0.2) is 48.5 Å². The Morgan fingerprint density at radius 2 is 1.95 bits per heavy atom. The molecule has 0 spiro atoms. The van der Waals surface area contributed by atoms with E-state index in [-0.39, 0.29) is 5.91 Å². The zero-order chi connectivity index (χ0) is 15.1. The van der Waals surface area contributed by atoms with Crippen molar-refractivity contribution in [1.82, 2.24) is 5.32 Å². The van der Waals surface area contributed by atoms with Gasteiger partial charge in [-0.05, 0) is 48.7 Å². The molecule has 2 aromatic carbocycles. The fourth-order valence-electron chi connectivity index (χ4n) is 1.87. The van der Waals surface area contributed by atoms with Crippen molar-refractivity contribution in [2.24, 2.45) is 0 Å². The van der Waals surface area contributed by atoms with Gasteiger partial charge in [0.2, 0.25) is 0 Å². The second-order valence-electron chi connectivity index (χ2n) is 4.75. The Hall–Kier alpha value is -2.24. The van der Waals surface area contributed by atoms with Crippen LogP contribution in [0.2, 0.25) is 5.02 Å². The second kappa shape index (κ2) is 7.52. The van der Waals surface area contributed by atoms with Crippen molar-refractivity contribution in [3.05, 3.63) is 70.2 Å². The lowest BCUT2D eigenvalue weighted by molar-refractivity contribution is -0.115. The molecule has 0 aliphatic rings. The van der Waals surface area contributed by atoms with Gasteiger partial charge in [0.25, 0.3) is 5.91 Å². The van der Waals surface area contributed by atoms with E-state index in [0.29, 0.717) is 11.6 Å². The first-order valence-electron chi connectivity index (χ1n) is 6.74. The number of aryl methyl sites for hydroxylation is 1. The first-order chi connectivity index (χ1) is 10.1. The summed E-state index contributed by atoms with van der Waals surface area (Å²) in [5.41, 5.74) is 3.11. The van der Waals surface area contributed by atoms with E-state index >= 15 is 0 Å². The Morgan fingerprint density at radius 3 is 2.67 bits per heavy atom. The summed E-state index contributed by atoms with van der Waals surface area (Å²) in [6, 6.07) is 15.4. The van der Waals surface area contributed by atoms with Crippen molar-refractivity contribution in [3.8, 4) is 11.8 Å². The average Bonchev–Trinajstić information content (AvgIpc) is 2.47. The van der Waals surface area contributed by atoms with Crippen LogP contribution in [0.4, 0.5) is 0 Å². The number of rotatable bonds is 3. The Labute approximate surface area is 130 Å². The van der Waals surface area contributed by atoms with Gasteiger partial charge in [-0.1, -0.05) is 41.8 Å². The Balaban J connectivity index is 1.81. The molecule has 1 amide bonds. The van der Waals surface area contributed by atoms with Crippen molar-refractivity contribution in [2.45, 2.75) is 13.3 Å². The fraction of sp³-hybridized carbons (Fsp3) is 0.167. The van der Waals surface area contributed by atoms with E-state index in [1.54, 1.807) is 0 Å². The van der Waals surface area contributed by atoms with Gasteiger partial charge in [0.1, 0.15) is 0 Å². The van der Waals surface area contributed by atoms with E-state index in [1.807, 2.05) is 55.5 Å². The molecule has 0 aliphatic heterocycles. The molecule has 1 N–H and O–H groups in total. The summed E-state index contributed by atoms with van der Waals surface area (Å²) in [6.07, 6.45) is 0.759. The lowest BCUT2D eigenvalue weighted by Gasteiger charge is -2.01. The van der Waals surface area contributed by atoms with Crippen molar-refractivity contribution in [3.63, 3.8) is 0 Å². The number of hydrogen-bond acceptors (Lipinski definition) is 1. The molecule has 0 atom stereocenters. The van der Waals surface area contributed by atoms with Crippen LogP contribution in [0.5, 0.6) is 0 Å². The van der Waals surface area contributed by atoms with Gasteiger partial charge in [0.15, 0.2) is 0 Å². The van der Waals surface area contributed by atoms with E-state index in [4.69, 9.17) is 11.6 Å². The van der Waals surface area contributed by atoms with Gasteiger partial charge in [0, 0.05) is 23.1 Å². The number of hydrogen-bond donors (Lipinski definition) is 1. The number of nitrogens with one attached hydrogen (secondary N) is 1. The number of carbonyl (C=O) groups excluding carboxylic acids is 1. The molecule has 2 rings (SSSR count). The molecule has 2 aromatic rings. The zero-order valence-corrected chi connectivity index (χ0v) is 12.6. The predicted octanol–water partition coefficient (Wildman–Crippen LogP) is 3.36. The SMILES string of the molecule is Cc1cccc(C#CC(=O)NCCc2ccc(Cl)cc2)c1. The molecule has 0 aromatic heterocycles. The molecule has 0 saturated carbocycles. The third kappa shape index (κ3) is 5.33. The standard InChI is InChI=1S/C18H16ClNO/c1-14-3-2-4-16(13-14)7-10-18(21)20-12-11-15-5-8-17(19)9-6-15/h2-6,8-9,13H,11-12H2,1H3,(H,20,21). The van der Waals surface area contributed by atoms with Crippen molar-refractivity contribution >= 4 is 17.5 Å². The third-order valence-corrected chi connectivity index (χ3v) is 3.20. The first-order valence-corrected chi connectivity index (χ1v) is 7.12. The van der Waals surface area contributed by atoms with E-state index in [1.165, 1.54) is 0 Å². The second-order valence-corrected chi connectivity index (χ2v) is 5.19. The lowest BCUT2D eigenvalue weighted by atomic mass is 10.1. The van der Waals surface area contributed by atoms with Crippen LogP contribution < -0.4 is 5.32 Å². The zero-order valence-electron chi connectivity index (χ0n) is 11.8. The summed E-state index contributed by atoms with van der Waals surface area (Å²) >= 11 is 5.82. The van der Waals surface area contributed by atoms with Crippen molar-refractivity contribution in [2.75, 3.05) is 6.54 Å². The molecule has 0 heterocycles. The molecular weight excluding hydrogens is 282 g/mol. The Morgan fingerprint density at radius 1 is 1.19 bits per heavy atom. The summed E-state index contributed by atoms with van der Waals surface area (Å²) in [6.45, 7) is 2.56. The fourth-order valence-corrected chi connectivity index (χ4v) is 1.99. The third-order valence-electron chi connectivity index (χ3n) is 2.95. The smallest absolute Gasteiger partial charge is 0.296 e. The minimum Gasteiger partial charge on any atom is -0.345 e. The number of carbonyl (C=O) groups is 1. The summed E-state index contributed by atoms with van der Waals surface area (Å²) in [5, 5.41) is 3.50. The minimum absolute atomic E-state index is 0.259. The molecule has 106 valence electrons. The average molecular weight is 298 g/mol. The van der Waals surface area contributed by atoms with Crippen LogP contribution in [0.1, 0.15) is 16.7 Å². The van der Waals surface area contributed by atoms with Crippen LogP contribution in [-0.2, 0) is 11.2 Å². The summed E-state index contributed by atoms with van der Waals surface area (Å²) in [7, 11) is 0. The summed E-state index contributed by atoms with van der Waals surface area (Å²) in [4.78, 5) is 11.6. The Kier molecular flexibility index (Phi) is 5.43. The van der Waals surface area contributed by atoms with Gasteiger partial charge in [-0.3, -0.25) is 4.79 Å². The highest BCUT2D eigenvalue weighted by atomic mass is 35.5. The molecule has 3 heteroatoms. The highest BCUT2D eigenvalue weighted by Gasteiger charge is 1.97. The molecule has 0 bridgehead atoms. The maximum absolute atomic E-state index is 11.6. The van der Waals surface area contributed by atoms with Crippen molar-refractivity contribution < 1.29 is 4.79 Å². The van der Waals surface area contributed by atoms with Gasteiger partial charge in [-0.15, -0.1) is 0 Å². The van der Waals surface area contributed by atoms with Gasteiger partial charge in [0.05, 0.1) is 0 Å². The van der Waals surface area contributed by atoms with Gasteiger partial charge >= 0.3 is 0 Å². The van der Waals surface area contributed by atoms with E-state index in [2.05, 4.69) is 17.2 Å². The van der Waals surface area contributed by atoms with Crippen molar-refractivity contribution in [1.29, 1.82) is 0 Å². The number of benzene rings is 2. The predicted molar refractivity (Wildman–Crippen MR) is 86.2 cm³/mol. The molecule has 0 radical (unpaired) electrons. The minimum atomic E-state index is -0.259. The highest BCUT2D eigenvalue weighted by molar-refractivity contribution is 6.30. The summed E-state index contributed by atoms with van der Waals surface area (Å²) in [5.74, 6) is 5.20. The van der Waals surface area contributed by atoms with Crippen LogP contribution in [0.3, 0.4) is 0 Å². The van der Waals surface area contributed by atoms with E-state index in [0.717, 1.165) is 23.1 Å². The largest absolute Gasteiger partial charge is 0.345 e.